The van der Waals surface area contributed by atoms with E-state index < -0.39 is 10.0 Å². The Kier molecular flexibility index (Phi) is 5.99. The molecule has 0 saturated heterocycles. The predicted molar refractivity (Wildman–Crippen MR) is 81.2 cm³/mol. The first kappa shape index (κ1) is 16.2. The zero-order chi connectivity index (χ0) is 14.5. The van der Waals surface area contributed by atoms with Crippen molar-refractivity contribution in [2.24, 2.45) is 5.73 Å². The van der Waals surface area contributed by atoms with Crippen LogP contribution in [0.4, 0.5) is 5.69 Å². The Morgan fingerprint density at radius 1 is 1.53 bits per heavy atom. The molecule has 0 aliphatic heterocycles. The number of thiocarbonyl (C=S) groups is 1. The maximum absolute atomic E-state index is 11.9. The Morgan fingerprint density at radius 2 is 2.21 bits per heavy atom. The molecule has 3 N–H and O–H groups in total. The first-order valence-electron chi connectivity index (χ1n) is 5.44. The highest BCUT2D eigenvalue weighted by molar-refractivity contribution is 7.92. The summed E-state index contributed by atoms with van der Waals surface area (Å²) in [6, 6.07) is 4.65. The Labute approximate surface area is 123 Å². The summed E-state index contributed by atoms with van der Waals surface area (Å²) < 4.78 is 31.0. The Morgan fingerprint density at radius 3 is 2.79 bits per heavy atom. The fraction of sp³-hybridized carbons (Fsp3) is 0.364. The minimum atomic E-state index is -3.48. The second kappa shape index (κ2) is 7.04. The predicted octanol–water partition coefficient (Wildman–Crippen LogP) is 1.75. The zero-order valence-electron chi connectivity index (χ0n) is 10.3. The lowest BCUT2D eigenvalue weighted by atomic mass is 10.2. The molecule has 0 heterocycles. The van der Waals surface area contributed by atoms with Gasteiger partial charge in [-0.1, -0.05) is 23.8 Å². The molecule has 0 radical (unpaired) electrons. The molecule has 0 aliphatic carbocycles. The van der Waals surface area contributed by atoms with Crippen LogP contribution in [-0.2, 0) is 14.8 Å². The van der Waals surface area contributed by atoms with Crippen molar-refractivity contribution in [2.75, 3.05) is 24.2 Å². The van der Waals surface area contributed by atoms with Crippen LogP contribution in [0, 0.1) is 0 Å². The van der Waals surface area contributed by atoms with Gasteiger partial charge in [0.25, 0.3) is 0 Å². The Bertz CT molecular complexity index is 561. The number of methoxy groups -OCH3 is 1. The summed E-state index contributed by atoms with van der Waals surface area (Å²) in [6.45, 7) is 0.374. The van der Waals surface area contributed by atoms with Crippen molar-refractivity contribution in [3.63, 3.8) is 0 Å². The summed E-state index contributed by atoms with van der Waals surface area (Å²) in [5.41, 5.74) is 6.27. The molecule has 0 aliphatic rings. The molecule has 5 nitrogen and oxygen atoms in total. The summed E-state index contributed by atoms with van der Waals surface area (Å²) in [6.07, 6.45) is 0.398. The summed E-state index contributed by atoms with van der Waals surface area (Å²) in [7, 11) is -1.97. The number of hydrogen-bond donors (Lipinski definition) is 2. The topological polar surface area (TPSA) is 81.4 Å². The summed E-state index contributed by atoms with van der Waals surface area (Å²) in [5, 5.41) is 0.398. The van der Waals surface area contributed by atoms with E-state index in [9.17, 15) is 8.42 Å². The number of ether oxygens (including phenoxy) is 1. The van der Waals surface area contributed by atoms with Crippen LogP contribution in [0.3, 0.4) is 0 Å². The molecule has 0 saturated carbocycles. The van der Waals surface area contributed by atoms with Gasteiger partial charge in [0.2, 0.25) is 10.0 Å². The number of nitrogens with one attached hydrogen (secondary N) is 1. The molecule has 0 spiro atoms. The van der Waals surface area contributed by atoms with Crippen LogP contribution in [0.5, 0.6) is 0 Å². The van der Waals surface area contributed by atoms with Gasteiger partial charge in [-0.25, -0.2) is 8.42 Å². The number of halogens is 1. The molecule has 0 aromatic heterocycles. The van der Waals surface area contributed by atoms with E-state index in [-0.39, 0.29) is 16.4 Å². The van der Waals surface area contributed by atoms with E-state index in [1.807, 2.05) is 0 Å². The molecule has 1 aromatic carbocycles. The van der Waals surface area contributed by atoms with Crippen molar-refractivity contribution in [2.45, 2.75) is 6.42 Å². The number of rotatable bonds is 7. The molecule has 106 valence electrons. The number of hydrogen-bond acceptors (Lipinski definition) is 4. The summed E-state index contributed by atoms with van der Waals surface area (Å²) >= 11 is 10.7. The second-order valence-corrected chi connectivity index (χ2v) is 6.54. The molecule has 0 amide bonds. The van der Waals surface area contributed by atoms with Crippen LogP contribution in [0.1, 0.15) is 12.0 Å². The monoisotopic (exact) mass is 322 g/mol. The highest BCUT2D eigenvalue weighted by atomic mass is 35.5. The number of nitrogens with two attached hydrogens (primary N) is 1. The number of benzene rings is 1. The van der Waals surface area contributed by atoms with Crippen molar-refractivity contribution in [3.8, 4) is 0 Å². The van der Waals surface area contributed by atoms with Gasteiger partial charge in [0.1, 0.15) is 4.99 Å². The Balaban J connectivity index is 2.92. The third-order valence-electron chi connectivity index (χ3n) is 2.27. The highest BCUT2D eigenvalue weighted by Crippen LogP contribution is 2.22. The van der Waals surface area contributed by atoms with Crippen LogP contribution >= 0.6 is 23.8 Å². The normalized spacial score (nSPS) is 11.3. The molecule has 1 aromatic rings. The largest absolute Gasteiger partial charge is 0.389 e. The van der Waals surface area contributed by atoms with Crippen LogP contribution < -0.4 is 10.5 Å². The van der Waals surface area contributed by atoms with E-state index in [0.717, 1.165) is 0 Å². The van der Waals surface area contributed by atoms with E-state index in [1.54, 1.807) is 12.1 Å². The average Bonchev–Trinajstić information content (AvgIpc) is 2.28. The molecule has 0 unspecified atom stereocenters. The lowest BCUT2D eigenvalue weighted by Gasteiger charge is -2.12. The average molecular weight is 323 g/mol. The van der Waals surface area contributed by atoms with Crippen molar-refractivity contribution >= 4 is 44.5 Å². The second-order valence-electron chi connectivity index (χ2n) is 3.82. The van der Waals surface area contributed by atoms with Crippen LogP contribution in [0.25, 0.3) is 0 Å². The van der Waals surface area contributed by atoms with Crippen molar-refractivity contribution in [1.82, 2.24) is 0 Å². The van der Waals surface area contributed by atoms with Gasteiger partial charge in [0.05, 0.1) is 11.4 Å². The number of anilines is 1. The molecule has 0 fully saturated rings. The minimum Gasteiger partial charge on any atom is -0.389 e. The van der Waals surface area contributed by atoms with Crippen molar-refractivity contribution in [3.05, 3.63) is 28.8 Å². The molecule has 8 heteroatoms. The van der Waals surface area contributed by atoms with Gasteiger partial charge < -0.3 is 10.5 Å². The van der Waals surface area contributed by atoms with Gasteiger partial charge in [-0.05, 0) is 24.6 Å². The lowest BCUT2D eigenvalue weighted by Crippen LogP contribution is -2.21. The van der Waals surface area contributed by atoms with E-state index in [0.29, 0.717) is 23.6 Å². The van der Waals surface area contributed by atoms with Crippen molar-refractivity contribution < 1.29 is 13.2 Å². The lowest BCUT2D eigenvalue weighted by molar-refractivity contribution is 0.199. The van der Waals surface area contributed by atoms with E-state index >= 15 is 0 Å². The van der Waals surface area contributed by atoms with Gasteiger partial charge in [-0.2, -0.15) is 0 Å². The maximum atomic E-state index is 11.9. The van der Waals surface area contributed by atoms with Gasteiger partial charge in [-0.15, -0.1) is 0 Å². The van der Waals surface area contributed by atoms with E-state index in [4.69, 9.17) is 34.3 Å². The zero-order valence-corrected chi connectivity index (χ0v) is 12.7. The third kappa shape index (κ3) is 5.32. The summed E-state index contributed by atoms with van der Waals surface area (Å²) in [5.74, 6) is -0.0515. The first-order valence-corrected chi connectivity index (χ1v) is 7.88. The highest BCUT2D eigenvalue weighted by Gasteiger charge is 2.14. The smallest absolute Gasteiger partial charge is 0.232 e. The van der Waals surface area contributed by atoms with Gasteiger partial charge in [0, 0.05) is 24.3 Å². The fourth-order valence-corrected chi connectivity index (χ4v) is 2.88. The van der Waals surface area contributed by atoms with E-state index in [2.05, 4.69) is 4.72 Å². The van der Waals surface area contributed by atoms with Crippen LogP contribution in [0.15, 0.2) is 18.2 Å². The van der Waals surface area contributed by atoms with E-state index in [1.165, 1.54) is 13.2 Å². The number of sulfonamides is 1. The van der Waals surface area contributed by atoms with Gasteiger partial charge in [-0.3, -0.25) is 4.72 Å². The standard InChI is InChI=1S/C11H15ClN2O3S2/c1-17-5-2-6-19(15,16)14-10-7-8(12)3-4-9(10)11(13)18/h3-4,7,14H,2,5-6H2,1H3,(H2,13,18). The molecule has 0 atom stereocenters. The molecular weight excluding hydrogens is 308 g/mol. The SMILES string of the molecule is COCCCS(=O)(=O)Nc1cc(Cl)ccc1C(N)=S. The maximum Gasteiger partial charge on any atom is 0.232 e. The molecule has 1 rings (SSSR count). The van der Waals surface area contributed by atoms with Crippen LogP contribution in [-0.4, -0.2) is 32.9 Å². The Hall–Kier alpha value is -0.890. The molecule has 19 heavy (non-hydrogen) atoms. The molecular formula is C11H15ClN2O3S2. The van der Waals surface area contributed by atoms with Crippen molar-refractivity contribution in [1.29, 1.82) is 0 Å². The first-order chi connectivity index (χ1) is 8.85. The fourth-order valence-electron chi connectivity index (χ4n) is 1.43. The van der Waals surface area contributed by atoms with Gasteiger partial charge in [0.15, 0.2) is 0 Å². The van der Waals surface area contributed by atoms with Crippen LogP contribution in [0.2, 0.25) is 5.02 Å². The minimum absolute atomic E-state index is 0.0515. The molecule has 0 bridgehead atoms. The summed E-state index contributed by atoms with van der Waals surface area (Å²) in [4.78, 5) is 0.103. The van der Waals surface area contributed by atoms with Gasteiger partial charge >= 0.3 is 0 Å². The third-order valence-corrected chi connectivity index (χ3v) is 4.09. The quantitative estimate of drug-likeness (QED) is 0.590.